The Hall–Kier alpha value is -2.87. The molecule has 0 unspecified atom stereocenters. The number of benzene rings is 1. The minimum Gasteiger partial charge on any atom is -0.383 e. The second-order valence-corrected chi connectivity index (χ2v) is 8.34. The number of H-pyrrole nitrogens is 1. The van der Waals surface area contributed by atoms with E-state index >= 15 is 0 Å². The van der Waals surface area contributed by atoms with Crippen LogP contribution in [0, 0.1) is 11.8 Å². The molecule has 8 nitrogen and oxygen atoms in total. The molecule has 30 heavy (non-hydrogen) atoms. The van der Waals surface area contributed by atoms with Crippen molar-refractivity contribution in [2.24, 2.45) is 11.8 Å². The van der Waals surface area contributed by atoms with Gasteiger partial charge in [0.2, 0.25) is 5.91 Å². The van der Waals surface area contributed by atoms with E-state index in [1.807, 2.05) is 30.3 Å². The van der Waals surface area contributed by atoms with Crippen molar-refractivity contribution < 1.29 is 4.79 Å². The highest BCUT2D eigenvalue weighted by molar-refractivity contribution is 5.96. The number of amides is 1. The zero-order valence-corrected chi connectivity index (χ0v) is 17.9. The van der Waals surface area contributed by atoms with Gasteiger partial charge in [-0.05, 0) is 30.7 Å². The van der Waals surface area contributed by atoms with Crippen LogP contribution < -0.4 is 21.9 Å². The van der Waals surface area contributed by atoms with E-state index < -0.39 is 11.2 Å². The van der Waals surface area contributed by atoms with Crippen LogP contribution in [0.4, 0.5) is 11.5 Å². The zero-order chi connectivity index (χ0) is 21.8. The Morgan fingerprint density at radius 1 is 1.17 bits per heavy atom. The number of aromatic nitrogens is 2. The highest BCUT2D eigenvalue weighted by Crippen LogP contribution is 2.22. The molecule has 0 spiro atoms. The lowest BCUT2D eigenvalue weighted by Gasteiger charge is -2.35. The van der Waals surface area contributed by atoms with E-state index in [-0.39, 0.29) is 37.0 Å². The summed E-state index contributed by atoms with van der Waals surface area (Å²) in [6.45, 7) is 8.60. The summed E-state index contributed by atoms with van der Waals surface area (Å²) in [7, 11) is 0. The molecule has 0 bridgehead atoms. The number of hydrogen-bond donors (Lipinski definition) is 2. The number of carbonyl (C=O) groups is 1. The van der Waals surface area contributed by atoms with Gasteiger partial charge >= 0.3 is 5.69 Å². The Kier molecular flexibility index (Phi) is 6.77. The van der Waals surface area contributed by atoms with Crippen LogP contribution in [0.5, 0.6) is 0 Å². The van der Waals surface area contributed by atoms with Crippen LogP contribution in [-0.4, -0.2) is 46.5 Å². The first-order valence-corrected chi connectivity index (χ1v) is 10.5. The third-order valence-electron chi connectivity index (χ3n) is 5.59. The Balaban J connectivity index is 1.90. The quantitative estimate of drug-likeness (QED) is 0.747. The number of likely N-dealkylation sites (N-methyl/N-ethyl adjacent to an activating group) is 1. The minimum absolute atomic E-state index is 0.00295. The molecule has 0 saturated carbocycles. The minimum atomic E-state index is -0.641. The Morgan fingerprint density at radius 3 is 2.40 bits per heavy atom. The van der Waals surface area contributed by atoms with Crippen molar-refractivity contribution in [3.8, 4) is 0 Å². The summed E-state index contributed by atoms with van der Waals surface area (Å²) in [5.41, 5.74) is 5.94. The summed E-state index contributed by atoms with van der Waals surface area (Å²) in [5.74, 6) is 0.861. The lowest BCUT2D eigenvalue weighted by atomic mass is 9.92. The molecule has 1 saturated heterocycles. The lowest BCUT2D eigenvalue weighted by Crippen LogP contribution is -2.48. The number of nitrogen functional groups attached to an aromatic ring is 1. The molecule has 0 radical (unpaired) electrons. The van der Waals surface area contributed by atoms with Crippen LogP contribution in [0.25, 0.3) is 0 Å². The molecule has 1 amide bonds. The van der Waals surface area contributed by atoms with E-state index in [1.54, 1.807) is 6.92 Å². The van der Waals surface area contributed by atoms with E-state index in [9.17, 15) is 14.4 Å². The van der Waals surface area contributed by atoms with Crippen LogP contribution in [0.1, 0.15) is 32.8 Å². The zero-order valence-electron chi connectivity index (χ0n) is 17.9. The van der Waals surface area contributed by atoms with Gasteiger partial charge in [-0.1, -0.05) is 44.2 Å². The maximum Gasteiger partial charge on any atom is 0.330 e. The average molecular weight is 414 g/mol. The highest BCUT2D eigenvalue weighted by atomic mass is 16.2. The summed E-state index contributed by atoms with van der Waals surface area (Å²) in [6.07, 6.45) is 1.15. The summed E-state index contributed by atoms with van der Waals surface area (Å²) in [4.78, 5) is 44.0. The number of rotatable bonds is 6. The second kappa shape index (κ2) is 9.30. The molecule has 8 heteroatoms. The SMILES string of the molecule is CCN(C(=O)CN1C[C@H](C)C[C@@H](C)C1)c1c(N)n(Cc2ccccc2)c(=O)[nH]c1=O. The smallest absolute Gasteiger partial charge is 0.330 e. The number of nitrogens with one attached hydrogen (secondary N) is 1. The molecule has 1 aliphatic heterocycles. The fourth-order valence-corrected chi connectivity index (χ4v) is 4.42. The number of aromatic amines is 1. The number of piperidine rings is 1. The first kappa shape index (κ1) is 21.8. The molecule has 3 N–H and O–H groups in total. The molecule has 1 aromatic heterocycles. The predicted molar refractivity (Wildman–Crippen MR) is 119 cm³/mol. The van der Waals surface area contributed by atoms with Gasteiger partial charge in [-0.2, -0.15) is 0 Å². The van der Waals surface area contributed by atoms with Gasteiger partial charge in [-0.15, -0.1) is 0 Å². The number of carbonyl (C=O) groups excluding carboxylic acids is 1. The van der Waals surface area contributed by atoms with Gasteiger partial charge in [0.1, 0.15) is 5.82 Å². The lowest BCUT2D eigenvalue weighted by molar-refractivity contribution is -0.120. The van der Waals surface area contributed by atoms with Gasteiger partial charge in [-0.25, -0.2) is 4.79 Å². The molecule has 1 fully saturated rings. The summed E-state index contributed by atoms with van der Waals surface area (Å²) >= 11 is 0. The first-order valence-electron chi connectivity index (χ1n) is 10.5. The van der Waals surface area contributed by atoms with Gasteiger partial charge in [-0.3, -0.25) is 24.0 Å². The molecule has 2 atom stereocenters. The standard InChI is InChI=1S/C22H31N5O3/c1-4-26(18(28)14-25-11-15(2)10-16(3)12-25)19-20(23)27(22(30)24-21(19)29)13-17-8-6-5-7-9-17/h5-9,15-16H,4,10-14,23H2,1-3H3,(H,24,29,30)/t15-,16-/m1/s1. The maximum atomic E-state index is 13.1. The van der Waals surface area contributed by atoms with Crippen molar-refractivity contribution >= 4 is 17.4 Å². The van der Waals surface area contributed by atoms with Gasteiger partial charge in [0.05, 0.1) is 13.1 Å². The topological polar surface area (TPSA) is 104 Å². The molecular formula is C22H31N5O3. The Morgan fingerprint density at radius 2 is 1.80 bits per heavy atom. The van der Waals surface area contributed by atoms with Crippen molar-refractivity contribution in [3.05, 3.63) is 56.7 Å². The molecular weight excluding hydrogens is 382 g/mol. The van der Waals surface area contributed by atoms with Gasteiger partial charge in [0.15, 0.2) is 5.69 Å². The monoisotopic (exact) mass is 413 g/mol. The van der Waals surface area contributed by atoms with Crippen molar-refractivity contribution in [1.29, 1.82) is 0 Å². The molecule has 3 rings (SSSR count). The van der Waals surface area contributed by atoms with Crippen LogP contribution in [0.15, 0.2) is 39.9 Å². The summed E-state index contributed by atoms with van der Waals surface area (Å²) in [6, 6.07) is 9.36. The average Bonchev–Trinajstić information content (AvgIpc) is 2.68. The first-order chi connectivity index (χ1) is 14.3. The highest BCUT2D eigenvalue weighted by Gasteiger charge is 2.28. The van der Waals surface area contributed by atoms with Crippen LogP contribution in [0.3, 0.4) is 0 Å². The molecule has 162 valence electrons. The third-order valence-corrected chi connectivity index (χ3v) is 5.59. The number of nitrogens with zero attached hydrogens (tertiary/aromatic N) is 3. The number of anilines is 2. The van der Waals surface area contributed by atoms with Gasteiger partial charge < -0.3 is 10.6 Å². The Bertz CT molecular complexity index is 988. The summed E-state index contributed by atoms with van der Waals surface area (Å²) in [5, 5.41) is 0. The second-order valence-electron chi connectivity index (χ2n) is 8.34. The van der Waals surface area contributed by atoms with Crippen LogP contribution >= 0.6 is 0 Å². The van der Waals surface area contributed by atoms with Crippen LogP contribution in [0.2, 0.25) is 0 Å². The largest absolute Gasteiger partial charge is 0.383 e. The van der Waals surface area contributed by atoms with Crippen molar-refractivity contribution in [2.45, 2.75) is 33.7 Å². The summed E-state index contributed by atoms with van der Waals surface area (Å²) < 4.78 is 1.30. The van der Waals surface area contributed by atoms with E-state index in [4.69, 9.17) is 5.73 Å². The number of hydrogen-bond acceptors (Lipinski definition) is 5. The molecule has 2 aromatic rings. The fraction of sp³-hybridized carbons (Fsp3) is 0.500. The van der Waals surface area contributed by atoms with Gasteiger partial charge in [0, 0.05) is 19.6 Å². The van der Waals surface area contributed by atoms with E-state index in [0.717, 1.165) is 25.1 Å². The van der Waals surface area contributed by atoms with Gasteiger partial charge in [0.25, 0.3) is 5.56 Å². The molecule has 0 aliphatic carbocycles. The van der Waals surface area contributed by atoms with Crippen molar-refractivity contribution in [3.63, 3.8) is 0 Å². The van der Waals surface area contributed by atoms with E-state index in [1.165, 1.54) is 9.47 Å². The van der Waals surface area contributed by atoms with Crippen molar-refractivity contribution in [1.82, 2.24) is 14.5 Å². The maximum absolute atomic E-state index is 13.1. The third kappa shape index (κ3) is 4.81. The van der Waals surface area contributed by atoms with E-state index in [0.29, 0.717) is 11.8 Å². The van der Waals surface area contributed by atoms with Crippen LogP contribution in [-0.2, 0) is 11.3 Å². The van der Waals surface area contributed by atoms with E-state index in [2.05, 4.69) is 23.7 Å². The normalized spacial score (nSPS) is 19.6. The number of likely N-dealkylation sites (tertiary alicyclic amines) is 1. The predicted octanol–water partition coefficient (Wildman–Crippen LogP) is 1.50. The van der Waals surface area contributed by atoms with Crippen molar-refractivity contribution in [2.75, 3.05) is 36.8 Å². The number of nitrogens with two attached hydrogens (primary N) is 1. The molecule has 1 aromatic carbocycles. The molecule has 2 heterocycles. The molecule has 1 aliphatic rings. The fourth-order valence-electron chi connectivity index (χ4n) is 4.42. The Labute approximate surface area is 176 Å².